The van der Waals surface area contributed by atoms with Crippen LogP contribution in [0.2, 0.25) is 0 Å². The Morgan fingerprint density at radius 3 is 2.57 bits per heavy atom. The first-order valence-electron chi connectivity index (χ1n) is 4.48. The minimum absolute atomic E-state index is 0.155. The predicted molar refractivity (Wildman–Crippen MR) is 50.8 cm³/mol. The van der Waals surface area contributed by atoms with E-state index < -0.39 is 6.43 Å². The molecule has 0 radical (unpaired) electrons. The van der Waals surface area contributed by atoms with Crippen molar-refractivity contribution >= 4 is 5.78 Å². The van der Waals surface area contributed by atoms with Crippen molar-refractivity contribution in [2.75, 3.05) is 0 Å². The number of alkyl halides is 2. The second-order valence-electron chi connectivity index (χ2n) is 3.17. The van der Waals surface area contributed by atoms with Crippen molar-refractivity contribution in [3.63, 3.8) is 0 Å². The summed E-state index contributed by atoms with van der Waals surface area (Å²) in [6, 6.07) is 4.43. The maximum absolute atomic E-state index is 12.5. The van der Waals surface area contributed by atoms with Crippen LogP contribution in [0.15, 0.2) is 18.2 Å². The minimum Gasteiger partial charge on any atom is -0.294 e. The second-order valence-corrected chi connectivity index (χ2v) is 3.17. The number of hydrogen-bond acceptors (Lipinski definition) is 1. The smallest absolute Gasteiger partial charge is 0.264 e. The summed E-state index contributed by atoms with van der Waals surface area (Å²) in [4.78, 5) is 11.4. The Balaban J connectivity index is 3.22. The molecule has 0 aliphatic heterocycles. The molecule has 0 atom stereocenters. The fourth-order valence-corrected chi connectivity index (χ4v) is 1.29. The van der Waals surface area contributed by atoms with Crippen molar-refractivity contribution in [1.29, 1.82) is 0 Å². The molecular formula is C11H12F2O. The van der Waals surface area contributed by atoms with E-state index in [1.165, 1.54) is 12.1 Å². The molecule has 0 aliphatic carbocycles. The summed E-state index contributed by atoms with van der Waals surface area (Å²) in [6.07, 6.45) is -2.33. The van der Waals surface area contributed by atoms with Crippen LogP contribution in [0.5, 0.6) is 0 Å². The Hall–Kier alpha value is -1.25. The van der Waals surface area contributed by atoms with Crippen molar-refractivity contribution in [3.8, 4) is 0 Å². The molecule has 1 rings (SSSR count). The molecule has 0 saturated heterocycles. The number of benzene rings is 1. The SMILES string of the molecule is CCC(=O)c1cc(C)ccc1C(F)F. The molecule has 0 aromatic heterocycles. The quantitative estimate of drug-likeness (QED) is 0.679. The van der Waals surface area contributed by atoms with Crippen LogP contribution in [0.3, 0.4) is 0 Å². The van der Waals surface area contributed by atoms with Crippen LogP contribution < -0.4 is 0 Å². The molecule has 1 aromatic carbocycles. The molecule has 0 heterocycles. The fourth-order valence-electron chi connectivity index (χ4n) is 1.29. The van der Waals surface area contributed by atoms with Gasteiger partial charge in [-0.15, -0.1) is 0 Å². The Labute approximate surface area is 81.7 Å². The van der Waals surface area contributed by atoms with Gasteiger partial charge in [-0.3, -0.25) is 4.79 Å². The normalized spacial score (nSPS) is 10.6. The van der Waals surface area contributed by atoms with Crippen molar-refractivity contribution in [2.45, 2.75) is 26.7 Å². The third-order valence-electron chi connectivity index (χ3n) is 2.07. The van der Waals surface area contributed by atoms with Gasteiger partial charge in [0.1, 0.15) is 0 Å². The van der Waals surface area contributed by atoms with E-state index in [1.54, 1.807) is 19.9 Å². The van der Waals surface area contributed by atoms with Gasteiger partial charge in [-0.05, 0) is 13.0 Å². The summed E-state index contributed by atoms with van der Waals surface area (Å²) in [6.45, 7) is 3.45. The third-order valence-corrected chi connectivity index (χ3v) is 2.07. The molecule has 0 unspecified atom stereocenters. The first-order chi connectivity index (χ1) is 6.56. The highest BCUT2D eigenvalue weighted by atomic mass is 19.3. The summed E-state index contributed by atoms with van der Waals surface area (Å²) in [5.41, 5.74) is 0.816. The highest BCUT2D eigenvalue weighted by molar-refractivity contribution is 5.97. The lowest BCUT2D eigenvalue weighted by Crippen LogP contribution is -2.03. The molecule has 0 aliphatic rings. The van der Waals surface area contributed by atoms with E-state index in [0.717, 1.165) is 5.56 Å². The van der Waals surface area contributed by atoms with Crippen LogP contribution in [0.4, 0.5) is 8.78 Å². The van der Waals surface area contributed by atoms with Gasteiger partial charge in [0.25, 0.3) is 6.43 Å². The van der Waals surface area contributed by atoms with Crippen molar-refractivity contribution in [1.82, 2.24) is 0 Å². The monoisotopic (exact) mass is 198 g/mol. The van der Waals surface area contributed by atoms with Gasteiger partial charge < -0.3 is 0 Å². The van der Waals surface area contributed by atoms with Gasteiger partial charge in [-0.1, -0.05) is 24.6 Å². The molecule has 1 nitrogen and oxygen atoms in total. The van der Waals surface area contributed by atoms with Gasteiger partial charge in [-0.25, -0.2) is 8.78 Å². The van der Waals surface area contributed by atoms with E-state index in [0.29, 0.717) is 0 Å². The zero-order chi connectivity index (χ0) is 10.7. The van der Waals surface area contributed by atoms with Gasteiger partial charge in [0.2, 0.25) is 0 Å². The van der Waals surface area contributed by atoms with Crippen LogP contribution in [-0.2, 0) is 0 Å². The Kier molecular flexibility index (Phi) is 3.33. The van der Waals surface area contributed by atoms with E-state index in [2.05, 4.69) is 0 Å². The van der Waals surface area contributed by atoms with E-state index in [-0.39, 0.29) is 23.3 Å². The van der Waals surface area contributed by atoms with Crippen LogP contribution in [0.25, 0.3) is 0 Å². The molecule has 0 N–H and O–H groups in total. The highest BCUT2D eigenvalue weighted by Gasteiger charge is 2.16. The zero-order valence-corrected chi connectivity index (χ0v) is 8.18. The molecule has 1 aromatic rings. The van der Waals surface area contributed by atoms with E-state index >= 15 is 0 Å². The Bertz CT molecular complexity index is 345. The molecule has 0 saturated carbocycles. The van der Waals surface area contributed by atoms with Gasteiger partial charge in [0.15, 0.2) is 5.78 Å². The van der Waals surface area contributed by atoms with Gasteiger partial charge in [0, 0.05) is 17.5 Å². The first kappa shape index (κ1) is 10.8. The van der Waals surface area contributed by atoms with Crippen molar-refractivity contribution in [2.24, 2.45) is 0 Å². The Morgan fingerprint density at radius 2 is 2.07 bits per heavy atom. The van der Waals surface area contributed by atoms with Crippen LogP contribution in [0.1, 0.15) is 41.3 Å². The number of halogens is 2. The molecule has 0 spiro atoms. The van der Waals surface area contributed by atoms with Crippen LogP contribution in [0, 0.1) is 6.92 Å². The summed E-state index contributed by atoms with van der Waals surface area (Å²) >= 11 is 0. The van der Waals surface area contributed by atoms with E-state index in [9.17, 15) is 13.6 Å². The molecule has 3 heteroatoms. The lowest BCUT2D eigenvalue weighted by molar-refractivity contribution is 0.0974. The van der Waals surface area contributed by atoms with Crippen LogP contribution >= 0.6 is 0 Å². The maximum Gasteiger partial charge on any atom is 0.264 e. The number of ketones is 1. The number of carbonyl (C=O) groups excluding carboxylic acids is 1. The summed E-state index contributed by atoms with van der Waals surface area (Å²) in [7, 11) is 0. The molecule has 76 valence electrons. The first-order valence-corrected chi connectivity index (χ1v) is 4.48. The van der Waals surface area contributed by atoms with Crippen LogP contribution in [-0.4, -0.2) is 5.78 Å². The summed E-state index contributed by atoms with van der Waals surface area (Å²) in [5.74, 6) is -0.232. The van der Waals surface area contributed by atoms with Gasteiger partial charge in [-0.2, -0.15) is 0 Å². The maximum atomic E-state index is 12.5. The number of rotatable bonds is 3. The number of hydrogen-bond donors (Lipinski definition) is 0. The van der Waals surface area contributed by atoms with E-state index in [1.807, 2.05) is 0 Å². The fraction of sp³-hybridized carbons (Fsp3) is 0.364. The summed E-state index contributed by atoms with van der Waals surface area (Å²) in [5, 5.41) is 0. The van der Waals surface area contributed by atoms with Gasteiger partial charge >= 0.3 is 0 Å². The topological polar surface area (TPSA) is 17.1 Å². The number of carbonyl (C=O) groups is 1. The number of Topliss-reactive ketones (excluding diaryl/α,β-unsaturated/α-hetero) is 1. The zero-order valence-electron chi connectivity index (χ0n) is 8.18. The lowest BCUT2D eigenvalue weighted by atomic mass is 10.00. The average Bonchev–Trinajstić information content (AvgIpc) is 2.16. The lowest BCUT2D eigenvalue weighted by Gasteiger charge is -2.07. The Morgan fingerprint density at radius 1 is 1.43 bits per heavy atom. The number of aryl methyl sites for hydroxylation is 1. The van der Waals surface area contributed by atoms with Crippen molar-refractivity contribution in [3.05, 3.63) is 34.9 Å². The molecule has 0 fully saturated rings. The third kappa shape index (κ3) is 2.16. The minimum atomic E-state index is -2.58. The molecule has 0 bridgehead atoms. The summed E-state index contributed by atoms with van der Waals surface area (Å²) < 4.78 is 25.0. The van der Waals surface area contributed by atoms with E-state index in [4.69, 9.17) is 0 Å². The average molecular weight is 198 g/mol. The van der Waals surface area contributed by atoms with Gasteiger partial charge in [0.05, 0.1) is 0 Å². The molecule has 0 amide bonds. The predicted octanol–water partition coefficient (Wildman–Crippen LogP) is 3.53. The standard InChI is InChI=1S/C11H12F2O/c1-3-10(14)9-6-7(2)4-5-8(9)11(12)13/h4-6,11H,3H2,1-2H3. The molecule has 14 heavy (non-hydrogen) atoms. The second kappa shape index (κ2) is 4.31. The molecular weight excluding hydrogens is 186 g/mol. The highest BCUT2D eigenvalue weighted by Crippen LogP contribution is 2.24. The van der Waals surface area contributed by atoms with Crippen molar-refractivity contribution < 1.29 is 13.6 Å². The largest absolute Gasteiger partial charge is 0.294 e.